The van der Waals surface area contributed by atoms with E-state index in [1.54, 1.807) is 6.07 Å². The van der Waals surface area contributed by atoms with E-state index in [9.17, 15) is 9.90 Å². The number of rotatable bonds is 2. The number of carbonyl (C=O) groups excluding carboxylic acids is 1. The Morgan fingerprint density at radius 1 is 1.16 bits per heavy atom. The Morgan fingerprint density at radius 3 is 2.58 bits per heavy atom. The zero-order valence-corrected chi connectivity index (χ0v) is 12.8. The molecule has 0 saturated heterocycles. The van der Waals surface area contributed by atoms with Crippen LogP contribution in [0.3, 0.4) is 0 Å². The Morgan fingerprint density at radius 2 is 1.89 bits per heavy atom. The molecule has 2 aromatic carbocycles. The molecule has 0 atom stereocenters. The maximum Gasteiger partial charge on any atom is 0.257 e. The Bertz CT molecular complexity index is 645. The molecule has 19 heavy (non-hydrogen) atoms. The third kappa shape index (κ3) is 3.27. The minimum Gasteiger partial charge on any atom is -0.508 e. The number of hydrogen-bond acceptors (Lipinski definition) is 3. The van der Waals surface area contributed by atoms with Crippen molar-refractivity contribution in [1.82, 2.24) is 0 Å². The molecule has 98 valence electrons. The van der Waals surface area contributed by atoms with Crippen molar-refractivity contribution in [3.63, 3.8) is 0 Å². The van der Waals surface area contributed by atoms with E-state index in [0.717, 1.165) is 8.95 Å². The Balaban J connectivity index is 2.28. The van der Waals surface area contributed by atoms with Gasteiger partial charge in [0.2, 0.25) is 0 Å². The van der Waals surface area contributed by atoms with E-state index in [4.69, 9.17) is 5.73 Å². The minimum absolute atomic E-state index is 0.00535. The number of hydrogen-bond donors (Lipinski definition) is 3. The second kappa shape index (κ2) is 5.63. The normalized spacial score (nSPS) is 10.2. The van der Waals surface area contributed by atoms with Crippen LogP contribution in [-0.4, -0.2) is 11.0 Å². The van der Waals surface area contributed by atoms with Crippen molar-refractivity contribution in [3.05, 3.63) is 50.9 Å². The Kier molecular flexibility index (Phi) is 4.11. The summed E-state index contributed by atoms with van der Waals surface area (Å²) in [6.45, 7) is 0. The SMILES string of the molecule is Nc1ccc(O)cc1C(=O)Nc1ccc(Br)cc1Br. The van der Waals surface area contributed by atoms with E-state index < -0.39 is 0 Å². The Labute approximate surface area is 126 Å². The van der Waals surface area contributed by atoms with Crippen LogP contribution < -0.4 is 11.1 Å². The highest BCUT2D eigenvalue weighted by Crippen LogP contribution is 2.27. The quantitative estimate of drug-likeness (QED) is 0.544. The van der Waals surface area contributed by atoms with Gasteiger partial charge in [-0.1, -0.05) is 15.9 Å². The first kappa shape index (κ1) is 13.9. The number of nitrogens with one attached hydrogen (secondary N) is 1. The monoisotopic (exact) mass is 384 g/mol. The number of phenolic OH excluding ortho intramolecular Hbond substituents is 1. The average Bonchev–Trinajstić information content (AvgIpc) is 2.35. The van der Waals surface area contributed by atoms with Gasteiger partial charge in [0.1, 0.15) is 5.75 Å². The van der Waals surface area contributed by atoms with Crippen LogP contribution in [0, 0.1) is 0 Å². The van der Waals surface area contributed by atoms with Crippen molar-refractivity contribution in [2.24, 2.45) is 0 Å². The summed E-state index contributed by atoms with van der Waals surface area (Å²) < 4.78 is 1.64. The molecule has 2 rings (SSSR count). The van der Waals surface area contributed by atoms with E-state index in [0.29, 0.717) is 11.4 Å². The second-order valence-corrected chi connectivity index (χ2v) is 5.62. The number of halogens is 2. The van der Waals surface area contributed by atoms with Gasteiger partial charge in [0.25, 0.3) is 5.91 Å². The second-order valence-electron chi connectivity index (χ2n) is 3.85. The third-order valence-electron chi connectivity index (χ3n) is 2.46. The van der Waals surface area contributed by atoms with Crippen molar-refractivity contribution in [3.8, 4) is 5.75 Å². The van der Waals surface area contributed by atoms with Crippen LogP contribution in [0.25, 0.3) is 0 Å². The largest absolute Gasteiger partial charge is 0.508 e. The van der Waals surface area contributed by atoms with Crippen LogP contribution in [0.5, 0.6) is 5.75 Å². The summed E-state index contributed by atoms with van der Waals surface area (Å²) in [5.74, 6) is -0.384. The zero-order valence-electron chi connectivity index (χ0n) is 9.65. The van der Waals surface area contributed by atoms with Gasteiger partial charge in [-0.2, -0.15) is 0 Å². The van der Waals surface area contributed by atoms with E-state index in [-0.39, 0.29) is 17.2 Å². The van der Waals surface area contributed by atoms with Crippen molar-refractivity contribution >= 4 is 49.1 Å². The van der Waals surface area contributed by atoms with Crippen LogP contribution in [0.15, 0.2) is 45.3 Å². The first-order chi connectivity index (χ1) is 8.97. The average molecular weight is 386 g/mol. The maximum absolute atomic E-state index is 12.1. The summed E-state index contributed by atoms with van der Waals surface area (Å²) in [6.07, 6.45) is 0. The number of phenols is 1. The number of amides is 1. The van der Waals surface area contributed by atoms with Crippen LogP contribution >= 0.6 is 31.9 Å². The summed E-state index contributed by atoms with van der Waals surface area (Å²) in [5.41, 5.74) is 6.88. The molecular formula is C13H10Br2N2O2. The highest BCUT2D eigenvalue weighted by molar-refractivity contribution is 9.11. The van der Waals surface area contributed by atoms with Crippen LogP contribution in [0.4, 0.5) is 11.4 Å². The number of aromatic hydroxyl groups is 1. The van der Waals surface area contributed by atoms with Gasteiger partial charge in [0, 0.05) is 14.6 Å². The number of nitrogen functional groups attached to an aromatic ring is 1. The van der Waals surface area contributed by atoms with Crippen molar-refractivity contribution < 1.29 is 9.90 Å². The molecule has 0 saturated carbocycles. The fraction of sp³-hybridized carbons (Fsp3) is 0. The lowest BCUT2D eigenvalue weighted by Crippen LogP contribution is -2.14. The lowest BCUT2D eigenvalue weighted by Gasteiger charge is -2.09. The molecule has 0 aliphatic rings. The molecule has 0 aromatic heterocycles. The van der Waals surface area contributed by atoms with Crippen molar-refractivity contribution in [1.29, 1.82) is 0 Å². The molecule has 6 heteroatoms. The fourth-order valence-corrected chi connectivity index (χ4v) is 2.67. The molecule has 0 aliphatic carbocycles. The molecule has 1 amide bonds. The van der Waals surface area contributed by atoms with E-state index in [2.05, 4.69) is 37.2 Å². The summed E-state index contributed by atoms with van der Waals surface area (Å²) in [5, 5.41) is 12.1. The first-order valence-electron chi connectivity index (χ1n) is 5.32. The minimum atomic E-state index is -0.378. The molecule has 0 radical (unpaired) electrons. The molecule has 4 nitrogen and oxygen atoms in total. The molecule has 0 unspecified atom stereocenters. The molecule has 0 heterocycles. The smallest absolute Gasteiger partial charge is 0.257 e. The van der Waals surface area contributed by atoms with Gasteiger partial charge in [-0.15, -0.1) is 0 Å². The third-order valence-corrected chi connectivity index (χ3v) is 3.61. The van der Waals surface area contributed by atoms with Crippen molar-refractivity contribution in [2.75, 3.05) is 11.1 Å². The highest BCUT2D eigenvalue weighted by Gasteiger charge is 2.12. The summed E-state index contributed by atoms with van der Waals surface area (Å²) in [4.78, 5) is 12.1. The van der Waals surface area contributed by atoms with E-state index in [1.807, 2.05) is 12.1 Å². The van der Waals surface area contributed by atoms with Crippen molar-refractivity contribution in [2.45, 2.75) is 0 Å². The van der Waals surface area contributed by atoms with Crippen LogP contribution in [0.1, 0.15) is 10.4 Å². The lowest BCUT2D eigenvalue weighted by atomic mass is 10.1. The van der Waals surface area contributed by atoms with Gasteiger partial charge >= 0.3 is 0 Å². The van der Waals surface area contributed by atoms with Gasteiger partial charge in [0.15, 0.2) is 0 Å². The molecular weight excluding hydrogens is 376 g/mol. The summed E-state index contributed by atoms with van der Waals surface area (Å²) >= 11 is 6.69. The number of benzene rings is 2. The first-order valence-corrected chi connectivity index (χ1v) is 6.91. The number of anilines is 2. The van der Waals surface area contributed by atoms with Gasteiger partial charge in [-0.3, -0.25) is 4.79 Å². The predicted molar refractivity (Wildman–Crippen MR) is 82.3 cm³/mol. The maximum atomic E-state index is 12.1. The number of nitrogens with two attached hydrogens (primary N) is 1. The highest BCUT2D eigenvalue weighted by atomic mass is 79.9. The lowest BCUT2D eigenvalue weighted by molar-refractivity contribution is 0.102. The van der Waals surface area contributed by atoms with Gasteiger partial charge < -0.3 is 16.2 Å². The molecule has 2 aromatic rings. The molecule has 0 aliphatic heterocycles. The fourth-order valence-electron chi connectivity index (χ4n) is 1.52. The summed E-state index contributed by atoms with van der Waals surface area (Å²) in [7, 11) is 0. The van der Waals surface area contributed by atoms with Crippen LogP contribution in [0.2, 0.25) is 0 Å². The predicted octanol–water partition coefficient (Wildman–Crippen LogP) is 3.75. The van der Waals surface area contributed by atoms with Gasteiger partial charge in [-0.25, -0.2) is 0 Å². The van der Waals surface area contributed by atoms with Gasteiger partial charge in [0.05, 0.1) is 11.3 Å². The van der Waals surface area contributed by atoms with E-state index in [1.165, 1.54) is 18.2 Å². The molecule has 0 bridgehead atoms. The molecule has 4 N–H and O–H groups in total. The zero-order chi connectivity index (χ0) is 14.0. The number of carbonyl (C=O) groups is 1. The molecule has 0 fully saturated rings. The topological polar surface area (TPSA) is 75.3 Å². The Hall–Kier alpha value is -1.53. The molecule has 0 spiro atoms. The van der Waals surface area contributed by atoms with E-state index >= 15 is 0 Å². The van der Waals surface area contributed by atoms with Crippen LogP contribution in [-0.2, 0) is 0 Å². The van der Waals surface area contributed by atoms with Gasteiger partial charge in [-0.05, 0) is 52.3 Å². The summed E-state index contributed by atoms with van der Waals surface area (Å²) in [6, 6.07) is 9.64. The standard InChI is InChI=1S/C13H10Br2N2O2/c14-7-1-4-12(10(15)5-7)17-13(19)9-6-8(18)2-3-11(9)16/h1-6,18H,16H2,(H,17,19).